The van der Waals surface area contributed by atoms with Gasteiger partial charge >= 0.3 is 0 Å². The Kier molecular flexibility index (Phi) is 6.29. The first kappa shape index (κ1) is 16.9. The van der Waals surface area contributed by atoms with Gasteiger partial charge in [0.25, 0.3) is 0 Å². The van der Waals surface area contributed by atoms with Gasteiger partial charge in [-0.25, -0.2) is 4.39 Å². The van der Waals surface area contributed by atoms with Crippen LogP contribution in [0.3, 0.4) is 0 Å². The van der Waals surface area contributed by atoms with Crippen molar-refractivity contribution in [1.82, 2.24) is 20.4 Å². The lowest BCUT2D eigenvalue weighted by atomic mass is 10.1. The van der Waals surface area contributed by atoms with E-state index in [0.29, 0.717) is 12.3 Å². The summed E-state index contributed by atoms with van der Waals surface area (Å²) in [5, 5.41) is 10.5. The van der Waals surface area contributed by atoms with E-state index in [0.717, 1.165) is 9.90 Å². The molecule has 1 amide bonds. The third-order valence-electron chi connectivity index (χ3n) is 3.02. The summed E-state index contributed by atoms with van der Waals surface area (Å²) in [7, 11) is 3.80. The van der Waals surface area contributed by atoms with Gasteiger partial charge < -0.3 is 10.2 Å². The van der Waals surface area contributed by atoms with Gasteiger partial charge in [-0.15, -0.1) is 10.2 Å². The number of hydrogen-bond acceptors (Lipinski definition) is 6. The Hall–Kier alpha value is -1.51. The molecule has 1 heterocycles. The minimum absolute atomic E-state index is 0.0776. The molecule has 0 bridgehead atoms. The fourth-order valence-corrected chi connectivity index (χ4v) is 3.25. The largest absolute Gasteiger partial charge is 0.353 e. The third-order valence-corrected chi connectivity index (χ3v) is 4.88. The zero-order chi connectivity index (χ0) is 15.9. The number of aromatic nitrogens is 2. The van der Waals surface area contributed by atoms with Crippen molar-refractivity contribution in [3.63, 3.8) is 0 Å². The Balaban J connectivity index is 1.87. The highest BCUT2D eigenvalue weighted by Crippen LogP contribution is 2.20. The number of likely N-dealkylation sites (N-methyl/N-ethyl adjacent to an activating group) is 1. The molecule has 5 nitrogen and oxygen atoms in total. The molecule has 0 saturated heterocycles. The number of thioether (sulfide) groups is 1. The lowest BCUT2D eigenvalue weighted by Crippen LogP contribution is -2.35. The molecule has 118 valence electrons. The van der Waals surface area contributed by atoms with E-state index in [2.05, 4.69) is 15.5 Å². The van der Waals surface area contributed by atoms with Crippen molar-refractivity contribution in [2.75, 3.05) is 26.4 Å². The summed E-state index contributed by atoms with van der Waals surface area (Å²) >= 11 is 2.76. The summed E-state index contributed by atoms with van der Waals surface area (Å²) < 4.78 is 14.1. The Morgan fingerprint density at radius 2 is 2.32 bits per heavy atom. The highest BCUT2D eigenvalue weighted by molar-refractivity contribution is 8.01. The molecule has 0 aliphatic heterocycles. The molecule has 1 atom stereocenters. The van der Waals surface area contributed by atoms with Crippen LogP contribution in [0.4, 0.5) is 4.39 Å². The van der Waals surface area contributed by atoms with Crippen molar-refractivity contribution in [2.24, 2.45) is 0 Å². The number of benzene rings is 1. The van der Waals surface area contributed by atoms with Crippen LogP contribution < -0.4 is 5.32 Å². The smallest absolute Gasteiger partial charge is 0.230 e. The van der Waals surface area contributed by atoms with E-state index in [9.17, 15) is 9.18 Å². The monoisotopic (exact) mass is 340 g/mol. The maximum Gasteiger partial charge on any atom is 0.230 e. The number of amides is 1. The van der Waals surface area contributed by atoms with Crippen LogP contribution in [0.25, 0.3) is 0 Å². The molecule has 1 aromatic heterocycles. The van der Waals surface area contributed by atoms with Crippen LogP contribution in [0.2, 0.25) is 0 Å². The second-order valence-corrected chi connectivity index (χ2v) is 6.89. The first-order valence-electron chi connectivity index (χ1n) is 6.64. The average Bonchev–Trinajstić information content (AvgIpc) is 2.98. The van der Waals surface area contributed by atoms with Gasteiger partial charge in [0.05, 0.1) is 11.8 Å². The van der Waals surface area contributed by atoms with Crippen molar-refractivity contribution in [3.8, 4) is 0 Å². The van der Waals surface area contributed by atoms with E-state index in [1.165, 1.54) is 35.2 Å². The molecule has 0 saturated carbocycles. The van der Waals surface area contributed by atoms with Crippen LogP contribution in [0, 0.1) is 5.82 Å². The molecule has 0 spiro atoms. The molecule has 22 heavy (non-hydrogen) atoms. The summed E-state index contributed by atoms with van der Waals surface area (Å²) in [6, 6.07) is 6.36. The summed E-state index contributed by atoms with van der Waals surface area (Å²) in [6.07, 6.45) is 0. The molecule has 0 aliphatic rings. The van der Waals surface area contributed by atoms with Gasteiger partial charge in [0.1, 0.15) is 11.3 Å². The number of halogens is 1. The minimum atomic E-state index is -0.275. The van der Waals surface area contributed by atoms with Crippen LogP contribution >= 0.6 is 23.1 Å². The van der Waals surface area contributed by atoms with Crippen molar-refractivity contribution in [1.29, 1.82) is 0 Å². The van der Waals surface area contributed by atoms with Crippen LogP contribution in [-0.4, -0.2) is 47.4 Å². The van der Waals surface area contributed by atoms with E-state index < -0.39 is 0 Å². The second-order valence-electron chi connectivity index (χ2n) is 4.83. The van der Waals surface area contributed by atoms with Crippen molar-refractivity contribution < 1.29 is 9.18 Å². The summed E-state index contributed by atoms with van der Waals surface area (Å²) in [5.74, 6) is -0.0654. The van der Waals surface area contributed by atoms with Crippen molar-refractivity contribution >= 4 is 29.0 Å². The molecule has 1 aromatic carbocycles. The van der Waals surface area contributed by atoms with Crippen LogP contribution in [0.15, 0.2) is 34.1 Å². The molecular weight excluding hydrogens is 323 g/mol. The molecule has 0 aliphatic carbocycles. The number of carbonyl (C=O) groups excluding carboxylic acids is 1. The fourth-order valence-electron chi connectivity index (χ4n) is 1.93. The molecule has 0 radical (unpaired) electrons. The van der Waals surface area contributed by atoms with Gasteiger partial charge in [0.15, 0.2) is 4.34 Å². The van der Waals surface area contributed by atoms with E-state index in [1.807, 2.05) is 25.1 Å². The highest BCUT2D eigenvalue weighted by atomic mass is 32.2. The zero-order valence-electron chi connectivity index (χ0n) is 12.3. The molecule has 8 heteroatoms. The normalized spacial score (nSPS) is 12.4. The van der Waals surface area contributed by atoms with Crippen LogP contribution in [0.5, 0.6) is 0 Å². The van der Waals surface area contributed by atoms with Crippen LogP contribution in [-0.2, 0) is 4.79 Å². The molecular formula is C14H17FN4OS2. The number of nitrogens with one attached hydrogen (secondary N) is 1. The number of rotatable bonds is 7. The maximum absolute atomic E-state index is 13.3. The van der Waals surface area contributed by atoms with Gasteiger partial charge in [-0.05, 0) is 31.8 Å². The summed E-state index contributed by atoms with van der Waals surface area (Å²) in [4.78, 5) is 13.8. The van der Waals surface area contributed by atoms with Crippen LogP contribution in [0.1, 0.15) is 11.6 Å². The van der Waals surface area contributed by atoms with Crippen molar-refractivity contribution in [3.05, 3.63) is 41.2 Å². The van der Waals surface area contributed by atoms with Gasteiger partial charge in [0, 0.05) is 6.54 Å². The predicted octanol–water partition coefficient (Wildman–Crippen LogP) is 2.19. The van der Waals surface area contributed by atoms with E-state index in [-0.39, 0.29) is 17.8 Å². The van der Waals surface area contributed by atoms with Crippen molar-refractivity contribution in [2.45, 2.75) is 10.4 Å². The average molecular weight is 340 g/mol. The third kappa shape index (κ3) is 5.04. The molecule has 1 N–H and O–H groups in total. The number of carbonyl (C=O) groups is 1. The minimum Gasteiger partial charge on any atom is -0.353 e. The fraction of sp³-hybridized carbons (Fsp3) is 0.357. The SMILES string of the molecule is CN(C)C(CNC(=O)CSc1nncs1)c1cccc(F)c1. The van der Waals surface area contributed by atoms with E-state index >= 15 is 0 Å². The Morgan fingerprint density at radius 3 is 2.95 bits per heavy atom. The Bertz CT molecular complexity index is 607. The second kappa shape index (κ2) is 8.21. The number of hydrogen-bond donors (Lipinski definition) is 1. The lowest BCUT2D eigenvalue weighted by Gasteiger charge is -2.25. The Labute approximate surface area is 136 Å². The standard InChI is InChI=1S/C14H17FN4OS2/c1-19(2)12(10-4-3-5-11(15)6-10)7-16-13(20)8-21-14-18-17-9-22-14/h3-6,9,12H,7-8H2,1-2H3,(H,16,20). The first-order valence-corrected chi connectivity index (χ1v) is 8.50. The Morgan fingerprint density at radius 1 is 1.50 bits per heavy atom. The molecule has 1 unspecified atom stereocenters. The van der Waals surface area contributed by atoms with Gasteiger partial charge in [0.2, 0.25) is 5.91 Å². The van der Waals surface area contributed by atoms with Gasteiger partial charge in [-0.3, -0.25) is 4.79 Å². The maximum atomic E-state index is 13.3. The van der Waals surface area contributed by atoms with Gasteiger partial charge in [-0.2, -0.15) is 0 Å². The zero-order valence-corrected chi connectivity index (χ0v) is 14.0. The topological polar surface area (TPSA) is 58.1 Å². The lowest BCUT2D eigenvalue weighted by molar-refractivity contribution is -0.118. The summed E-state index contributed by atoms with van der Waals surface area (Å²) in [6.45, 7) is 0.423. The van der Waals surface area contributed by atoms with E-state index in [1.54, 1.807) is 11.6 Å². The predicted molar refractivity (Wildman–Crippen MR) is 86.5 cm³/mol. The quantitative estimate of drug-likeness (QED) is 0.783. The molecule has 0 fully saturated rings. The number of nitrogens with zero attached hydrogens (tertiary/aromatic N) is 3. The van der Waals surface area contributed by atoms with Gasteiger partial charge in [-0.1, -0.05) is 35.2 Å². The van der Waals surface area contributed by atoms with E-state index in [4.69, 9.17) is 0 Å². The molecule has 2 rings (SSSR count). The highest BCUT2D eigenvalue weighted by Gasteiger charge is 2.16. The first-order chi connectivity index (χ1) is 10.6. The molecule has 2 aromatic rings. The summed E-state index contributed by atoms with van der Waals surface area (Å²) in [5.41, 5.74) is 2.47.